The Hall–Kier alpha value is -1.77. The first-order chi connectivity index (χ1) is 15.7. The summed E-state index contributed by atoms with van der Waals surface area (Å²) in [5.74, 6) is 0. The average Bonchev–Trinajstić information content (AvgIpc) is 2.83. The smallest absolute Gasteiger partial charge is 0.138 e. The number of alkyl halides is 1. The number of hydrogen-bond acceptors (Lipinski definition) is 4. The highest BCUT2D eigenvalue weighted by atomic mass is 127. The van der Waals surface area contributed by atoms with Crippen LogP contribution in [0.4, 0.5) is 0 Å². The highest BCUT2D eigenvalue weighted by molar-refractivity contribution is 14.1. The third-order valence-electron chi connectivity index (χ3n) is 5.57. The van der Waals surface area contributed by atoms with Gasteiger partial charge in [0.1, 0.15) is 22.4 Å². The molecule has 0 aliphatic carbocycles. The Balaban J connectivity index is 1.50. The third-order valence-corrected chi connectivity index (χ3v) is 6.57. The molecular formula is C27H29IO4. The Morgan fingerprint density at radius 3 is 1.41 bits per heavy atom. The van der Waals surface area contributed by atoms with Gasteiger partial charge in [-0.15, -0.1) is 0 Å². The molecule has 4 rings (SSSR count). The fourth-order valence-corrected chi connectivity index (χ4v) is 4.93. The van der Waals surface area contributed by atoms with E-state index in [1.807, 2.05) is 61.5 Å². The predicted octanol–water partition coefficient (Wildman–Crippen LogP) is 5.92. The predicted molar refractivity (Wildman–Crippen MR) is 133 cm³/mol. The van der Waals surface area contributed by atoms with Crippen LogP contribution in [0.15, 0.2) is 91.0 Å². The second-order valence-corrected chi connectivity index (χ2v) is 9.20. The molecule has 5 heteroatoms. The molecule has 3 aromatic rings. The zero-order valence-electron chi connectivity index (χ0n) is 18.2. The van der Waals surface area contributed by atoms with Gasteiger partial charge in [-0.1, -0.05) is 91.0 Å². The molecule has 1 fully saturated rings. The number of ether oxygens (including phenoxy) is 4. The summed E-state index contributed by atoms with van der Waals surface area (Å²) in [5.41, 5.74) is 3.37. The summed E-state index contributed by atoms with van der Waals surface area (Å²) in [6.07, 6.45) is -0.867. The molecular weight excluding hydrogens is 515 g/mol. The van der Waals surface area contributed by atoms with Crippen LogP contribution in [-0.2, 0) is 38.8 Å². The quantitative estimate of drug-likeness (QED) is 0.248. The van der Waals surface area contributed by atoms with Crippen LogP contribution in [0.25, 0.3) is 0 Å². The lowest BCUT2D eigenvalue weighted by Gasteiger charge is -2.43. The minimum absolute atomic E-state index is 0.113. The SMILES string of the molecule is C[C@@H]1O[C@@H](I)[C@@H](OCc2ccccc2)[C@H](OCc2ccccc2)[C@@H]1OCc1ccccc1. The molecule has 5 atom stereocenters. The van der Waals surface area contributed by atoms with Crippen molar-refractivity contribution in [3.05, 3.63) is 108 Å². The molecule has 0 spiro atoms. The monoisotopic (exact) mass is 544 g/mol. The van der Waals surface area contributed by atoms with E-state index < -0.39 is 0 Å². The molecule has 0 saturated carbocycles. The lowest BCUT2D eigenvalue weighted by Crippen LogP contribution is -2.57. The first kappa shape index (κ1) is 23.4. The molecule has 32 heavy (non-hydrogen) atoms. The maximum atomic E-state index is 6.48. The molecule has 0 N–H and O–H groups in total. The summed E-state index contributed by atoms with van der Waals surface area (Å²) in [6, 6.07) is 30.6. The van der Waals surface area contributed by atoms with E-state index in [9.17, 15) is 0 Å². The van der Waals surface area contributed by atoms with Crippen molar-refractivity contribution in [2.45, 2.75) is 55.3 Å². The average molecular weight is 544 g/mol. The van der Waals surface area contributed by atoms with Gasteiger partial charge in [-0.25, -0.2) is 0 Å². The van der Waals surface area contributed by atoms with Crippen LogP contribution < -0.4 is 0 Å². The molecule has 0 amide bonds. The van der Waals surface area contributed by atoms with Gasteiger partial charge in [0, 0.05) is 0 Å². The van der Waals surface area contributed by atoms with E-state index in [1.165, 1.54) is 0 Å². The van der Waals surface area contributed by atoms with Crippen molar-refractivity contribution in [1.29, 1.82) is 0 Å². The second-order valence-electron chi connectivity index (χ2n) is 7.98. The van der Waals surface area contributed by atoms with Crippen molar-refractivity contribution >= 4 is 22.6 Å². The fourth-order valence-electron chi connectivity index (χ4n) is 3.85. The summed E-state index contributed by atoms with van der Waals surface area (Å²) in [4.78, 5) is 0. The van der Waals surface area contributed by atoms with Crippen molar-refractivity contribution in [1.82, 2.24) is 0 Å². The lowest BCUT2D eigenvalue weighted by atomic mass is 10.00. The molecule has 0 unspecified atom stereocenters. The lowest BCUT2D eigenvalue weighted by molar-refractivity contribution is -0.239. The van der Waals surface area contributed by atoms with E-state index in [2.05, 4.69) is 59.0 Å². The first-order valence-electron chi connectivity index (χ1n) is 11.0. The summed E-state index contributed by atoms with van der Waals surface area (Å²) in [6.45, 7) is 3.55. The van der Waals surface area contributed by atoms with Gasteiger partial charge in [-0.05, 0) is 46.2 Å². The zero-order chi connectivity index (χ0) is 22.2. The molecule has 0 radical (unpaired) electrons. The van der Waals surface area contributed by atoms with Crippen LogP contribution in [0.5, 0.6) is 0 Å². The summed E-state index contributed by atoms with van der Waals surface area (Å²) >= 11 is 2.31. The van der Waals surface area contributed by atoms with Crippen LogP contribution in [0, 0.1) is 0 Å². The normalized spacial score (nSPS) is 25.5. The van der Waals surface area contributed by atoms with Crippen molar-refractivity contribution in [2.24, 2.45) is 0 Å². The number of rotatable bonds is 9. The van der Waals surface area contributed by atoms with Crippen LogP contribution in [-0.4, -0.2) is 28.5 Å². The van der Waals surface area contributed by atoms with Crippen LogP contribution >= 0.6 is 22.6 Å². The first-order valence-corrected chi connectivity index (χ1v) is 12.2. The number of hydrogen-bond donors (Lipinski definition) is 0. The van der Waals surface area contributed by atoms with Crippen LogP contribution in [0.3, 0.4) is 0 Å². The summed E-state index contributed by atoms with van der Waals surface area (Å²) in [7, 11) is 0. The minimum atomic E-state index is -0.256. The number of benzene rings is 3. The van der Waals surface area contributed by atoms with E-state index >= 15 is 0 Å². The molecule has 1 heterocycles. The third kappa shape index (κ3) is 6.39. The second kappa shape index (κ2) is 11.9. The summed E-state index contributed by atoms with van der Waals surface area (Å²) in [5, 5.41) is 0. The Labute approximate surface area is 204 Å². The Morgan fingerprint density at radius 1 is 0.594 bits per heavy atom. The molecule has 1 aliphatic rings. The van der Waals surface area contributed by atoms with E-state index in [-0.39, 0.29) is 28.5 Å². The molecule has 0 bridgehead atoms. The Kier molecular flexibility index (Phi) is 8.70. The zero-order valence-corrected chi connectivity index (χ0v) is 20.3. The van der Waals surface area contributed by atoms with Crippen molar-refractivity contribution in [2.75, 3.05) is 0 Å². The Morgan fingerprint density at radius 2 is 0.969 bits per heavy atom. The van der Waals surface area contributed by atoms with E-state index in [4.69, 9.17) is 18.9 Å². The topological polar surface area (TPSA) is 36.9 Å². The maximum absolute atomic E-state index is 6.48. The molecule has 168 valence electrons. The molecule has 1 aliphatic heterocycles. The molecule has 1 saturated heterocycles. The van der Waals surface area contributed by atoms with E-state index in [1.54, 1.807) is 0 Å². The van der Waals surface area contributed by atoms with Crippen molar-refractivity contribution in [3.63, 3.8) is 0 Å². The number of halogens is 1. The highest BCUT2D eigenvalue weighted by Crippen LogP contribution is 2.32. The molecule has 0 aromatic heterocycles. The standard InChI is InChI=1S/C27H29IO4/c1-20-24(29-17-21-11-5-2-6-12-21)25(30-18-22-13-7-3-8-14-22)26(27(28)32-20)31-19-23-15-9-4-10-16-23/h2-16,20,24-27H,17-19H2,1H3/t20-,24+,25+,26-,27+/m0/s1. The van der Waals surface area contributed by atoms with Crippen LogP contribution in [0.2, 0.25) is 0 Å². The van der Waals surface area contributed by atoms with Gasteiger partial charge in [0.15, 0.2) is 0 Å². The van der Waals surface area contributed by atoms with Gasteiger partial charge in [0.2, 0.25) is 0 Å². The Bertz CT molecular complexity index is 867. The fraction of sp³-hybridized carbons (Fsp3) is 0.333. The minimum Gasteiger partial charge on any atom is -0.368 e. The summed E-state index contributed by atoms with van der Waals surface area (Å²) < 4.78 is 25.3. The van der Waals surface area contributed by atoms with Gasteiger partial charge < -0.3 is 18.9 Å². The van der Waals surface area contributed by atoms with Gasteiger partial charge in [0.25, 0.3) is 0 Å². The van der Waals surface area contributed by atoms with Crippen molar-refractivity contribution < 1.29 is 18.9 Å². The molecule has 3 aromatic carbocycles. The van der Waals surface area contributed by atoms with Gasteiger partial charge in [-0.3, -0.25) is 0 Å². The van der Waals surface area contributed by atoms with Crippen LogP contribution in [0.1, 0.15) is 23.6 Å². The largest absolute Gasteiger partial charge is 0.368 e. The van der Waals surface area contributed by atoms with E-state index in [0.717, 1.165) is 16.7 Å². The van der Waals surface area contributed by atoms with Gasteiger partial charge >= 0.3 is 0 Å². The molecule has 4 nitrogen and oxygen atoms in total. The highest BCUT2D eigenvalue weighted by Gasteiger charge is 2.45. The van der Waals surface area contributed by atoms with Crippen molar-refractivity contribution in [3.8, 4) is 0 Å². The van der Waals surface area contributed by atoms with Gasteiger partial charge in [0.05, 0.1) is 25.9 Å². The van der Waals surface area contributed by atoms with Gasteiger partial charge in [-0.2, -0.15) is 0 Å². The maximum Gasteiger partial charge on any atom is 0.138 e. The van der Waals surface area contributed by atoms with E-state index in [0.29, 0.717) is 19.8 Å².